The van der Waals surface area contributed by atoms with Gasteiger partial charge in [-0.2, -0.15) is 5.10 Å². The summed E-state index contributed by atoms with van der Waals surface area (Å²) in [5, 5.41) is 28.5. The maximum atomic E-state index is 11.9. The number of rotatable bonds is 5. The number of benzene rings is 1. The van der Waals surface area contributed by atoms with Crippen molar-refractivity contribution < 1.29 is 15.1 Å². The first-order valence-electron chi connectivity index (χ1n) is 6.18. The molecule has 0 saturated heterocycles. The van der Waals surface area contributed by atoms with E-state index in [4.69, 9.17) is 5.21 Å². The van der Waals surface area contributed by atoms with Gasteiger partial charge in [0.2, 0.25) is 5.91 Å². The fraction of sp³-hybridized carbons (Fsp3) is 0.231. The normalized spacial score (nSPS) is 10.4. The number of phenols is 1. The van der Waals surface area contributed by atoms with E-state index in [1.54, 1.807) is 19.1 Å². The van der Waals surface area contributed by atoms with Gasteiger partial charge in [0.15, 0.2) is 0 Å². The minimum atomic E-state index is -0.273. The van der Waals surface area contributed by atoms with E-state index in [-0.39, 0.29) is 17.4 Å². The van der Waals surface area contributed by atoms with Crippen LogP contribution >= 0.6 is 11.8 Å². The van der Waals surface area contributed by atoms with Crippen LogP contribution in [0.1, 0.15) is 11.3 Å². The summed E-state index contributed by atoms with van der Waals surface area (Å²) in [6.45, 7) is 3.62. The number of thioether (sulfide) groups is 1. The lowest BCUT2D eigenvalue weighted by atomic mass is 10.2. The van der Waals surface area contributed by atoms with Gasteiger partial charge in [-0.25, -0.2) is 0 Å². The SMILES string of the molecule is Cc1ccc(O)c(NC(=O)CSc2n[nH]c(C)c2NO)c1. The summed E-state index contributed by atoms with van der Waals surface area (Å²) in [6.07, 6.45) is 0. The average Bonchev–Trinajstić information content (AvgIpc) is 2.81. The van der Waals surface area contributed by atoms with Crippen LogP contribution in [0, 0.1) is 13.8 Å². The Hall–Kier alpha value is -2.19. The highest BCUT2D eigenvalue weighted by Crippen LogP contribution is 2.28. The Morgan fingerprint density at radius 2 is 2.19 bits per heavy atom. The molecule has 0 atom stereocenters. The van der Waals surface area contributed by atoms with Crippen molar-refractivity contribution >= 4 is 29.0 Å². The van der Waals surface area contributed by atoms with E-state index in [2.05, 4.69) is 15.5 Å². The third-order valence-corrected chi connectivity index (χ3v) is 3.77. The van der Waals surface area contributed by atoms with Crippen molar-refractivity contribution in [2.45, 2.75) is 18.9 Å². The van der Waals surface area contributed by atoms with Crippen LogP contribution in [0.25, 0.3) is 0 Å². The Bertz CT molecular complexity index is 657. The highest BCUT2D eigenvalue weighted by Gasteiger charge is 2.13. The summed E-state index contributed by atoms with van der Waals surface area (Å²) in [7, 11) is 0. The number of aromatic hydroxyl groups is 1. The molecule has 1 heterocycles. The number of aromatic nitrogens is 2. The molecule has 0 aliphatic rings. The lowest BCUT2D eigenvalue weighted by Crippen LogP contribution is -2.14. The summed E-state index contributed by atoms with van der Waals surface area (Å²) >= 11 is 1.17. The van der Waals surface area contributed by atoms with Crippen LogP contribution in [0.2, 0.25) is 0 Å². The summed E-state index contributed by atoms with van der Waals surface area (Å²) in [5.74, 6) is -0.149. The van der Waals surface area contributed by atoms with Gasteiger partial charge in [0.1, 0.15) is 16.5 Å². The Morgan fingerprint density at radius 1 is 1.43 bits per heavy atom. The molecule has 1 aromatic heterocycles. The van der Waals surface area contributed by atoms with Crippen LogP contribution in [-0.2, 0) is 4.79 Å². The van der Waals surface area contributed by atoms with Gasteiger partial charge in [0, 0.05) is 0 Å². The maximum absolute atomic E-state index is 11.9. The number of carbonyl (C=O) groups excluding carboxylic acids is 1. The zero-order valence-electron chi connectivity index (χ0n) is 11.6. The number of carbonyl (C=O) groups is 1. The molecule has 0 unspecified atom stereocenters. The first kappa shape index (κ1) is 15.2. The largest absolute Gasteiger partial charge is 0.506 e. The van der Waals surface area contributed by atoms with Crippen molar-refractivity contribution in [2.24, 2.45) is 0 Å². The van der Waals surface area contributed by atoms with Crippen LogP contribution in [0.3, 0.4) is 0 Å². The maximum Gasteiger partial charge on any atom is 0.234 e. The second-order valence-electron chi connectivity index (χ2n) is 4.50. The molecule has 2 aromatic rings. The van der Waals surface area contributed by atoms with Crippen molar-refractivity contribution in [1.29, 1.82) is 0 Å². The van der Waals surface area contributed by atoms with Crippen molar-refractivity contribution in [3.8, 4) is 5.75 Å². The van der Waals surface area contributed by atoms with Gasteiger partial charge >= 0.3 is 0 Å². The summed E-state index contributed by atoms with van der Waals surface area (Å²) < 4.78 is 0. The molecule has 0 bridgehead atoms. The van der Waals surface area contributed by atoms with E-state index < -0.39 is 0 Å². The molecule has 1 amide bonds. The lowest BCUT2D eigenvalue weighted by Gasteiger charge is -2.08. The number of aryl methyl sites for hydroxylation is 2. The topological polar surface area (TPSA) is 110 Å². The van der Waals surface area contributed by atoms with Gasteiger partial charge in [-0.3, -0.25) is 20.6 Å². The predicted octanol–water partition coefficient (Wildman–Crippen LogP) is 2.26. The number of nitrogens with one attached hydrogen (secondary N) is 3. The quantitative estimate of drug-likeness (QED) is 0.329. The minimum Gasteiger partial charge on any atom is -0.506 e. The molecule has 1 aromatic carbocycles. The van der Waals surface area contributed by atoms with E-state index in [1.165, 1.54) is 17.8 Å². The first-order valence-corrected chi connectivity index (χ1v) is 7.17. The molecule has 0 radical (unpaired) electrons. The molecule has 0 spiro atoms. The molecule has 5 N–H and O–H groups in total. The number of anilines is 2. The fourth-order valence-corrected chi connectivity index (χ4v) is 2.51. The summed E-state index contributed by atoms with van der Waals surface area (Å²) in [6, 6.07) is 4.98. The lowest BCUT2D eigenvalue weighted by molar-refractivity contribution is -0.113. The molecule has 7 nitrogen and oxygen atoms in total. The van der Waals surface area contributed by atoms with Crippen LogP contribution in [0.15, 0.2) is 23.2 Å². The second kappa shape index (κ2) is 6.51. The standard InChI is InChI=1S/C13H16N4O3S/c1-7-3-4-10(18)9(5-7)14-11(19)6-21-13-12(17-20)8(2)15-16-13/h3-5,17-18,20H,6H2,1-2H3,(H,14,19)(H,15,16). The molecular weight excluding hydrogens is 292 g/mol. The molecule has 0 aliphatic heterocycles. The second-order valence-corrected chi connectivity index (χ2v) is 5.46. The van der Waals surface area contributed by atoms with Gasteiger partial charge in [0.25, 0.3) is 0 Å². The molecule has 112 valence electrons. The van der Waals surface area contributed by atoms with Crippen LogP contribution in [0.5, 0.6) is 5.75 Å². The number of nitrogens with zero attached hydrogens (tertiary/aromatic N) is 1. The van der Waals surface area contributed by atoms with Crippen molar-refractivity contribution in [1.82, 2.24) is 10.2 Å². The van der Waals surface area contributed by atoms with Crippen molar-refractivity contribution in [2.75, 3.05) is 16.5 Å². The number of amides is 1. The van der Waals surface area contributed by atoms with Gasteiger partial charge in [0.05, 0.1) is 17.1 Å². The van der Waals surface area contributed by atoms with Crippen LogP contribution < -0.4 is 10.8 Å². The smallest absolute Gasteiger partial charge is 0.234 e. The number of H-pyrrole nitrogens is 1. The Kier molecular flexibility index (Phi) is 4.71. The molecule has 0 fully saturated rings. The van der Waals surface area contributed by atoms with Crippen LogP contribution in [-0.4, -0.2) is 32.2 Å². The number of aromatic amines is 1. The molecule has 0 aliphatic carbocycles. The predicted molar refractivity (Wildman–Crippen MR) is 80.9 cm³/mol. The van der Waals surface area contributed by atoms with Gasteiger partial charge < -0.3 is 10.4 Å². The first-order chi connectivity index (χ1) is 10.0. The number of hydrogen-bond acceptors (Lipinski definition) is 6. The van der Waals surface area contributed by atoms with Gasteiger partial charge in [-0.05, 0) is 31.5 Å². The third-order valence-electron chi connectivity index (χ3n) is 2.79. The molecule has 21 heavy (non-hydrogen) atoms. The average molecular weight is 308 g/mol. The molecule has 8 heteroatoms. The highest BCUT2D eigenvalue weighted by molar-refractivity contribution is 8.00. The van der Waals surface area contributed by atoms with Crippen LogP contribution in [0.4, 0.5) is 11.4 Å². The van der Waals surface area contributed by atoms with Crippen molar-refractivity contribution in [3.05, 3.63) is 29.5 Å². The van der Waals surface area contributed by atoms with Crippen molar-refractivity contribution in [3.63, 3.8) is 0 Å². The van der Waals surface area contributed by atoms with E-state index in [1.807, 2.05) is 12.4 Å². The van der Waals surface area contributed by atoms with E-state index in [0.717, 1.165) is 5.56 Å². The molecule has 2 rings (SSSR count). The Balaban J connectivity index is 1.97. The minimum absolute atomic E-state index is 0.0206. The Morgan fingerprint density at radius 3 is 2.90 bits per heavy atom. The Labute approximate surface area is 125 Å². The third kappa shape index (κ3) is 3.67. The highest BCUT2D eigenvalue weighted by atomic mass is 32.2. The van der Waals surface area contributed by atoms with E-state index in [0.29, 0.717) is 22.1 Å². The monoisotopic (exact) mass is 308 g/mol. The summed E-state index contributed by atoms with van der Waals surface area (Å²) in [5.41, 5.74) is 4.49. The molecular formula is C13H16N4O3S. The number of hydrogen-bond donors (Lipinski definition) is 5. The number of phenolic OH excluding ortho intramolecular Hbond substituents is 1. The summed E-state index contributed by atoms with van der Waals surface area (Å²) in [4.78, 5) is 11.9. The molecule has 0 saturated carbocycles. The van der Waals surface area contributed by atoms with E-state index >= 15 is 0 Å². The van der Waals surface area contributed by atoms with E-state index in [9.17, 15) is 9.90 Å². The zero-order chi connectivity index (χ0) is 15.4. The van der Waals surface area contributed by atoms with Gasteiger partial charge in [-0.1, -0.05) is 17.8 Å². The van der Waals surface area contributed by atoms with Gasteiger partial charge in [-0.15, -0.1) is 0 Å². The zero-order valence-corrected chi connectivity index (χ0v) is 12.4. The fourth-order valence-electron chi connectivity index (χ4n) is 1.71.